The second-order valence-corrected chi connectivity index (χ2v) is 8.43. The number of anilines is 1. The van der Waals surface area contributed by atoms with E-state index < -0.39 is 17.8 Å². The van der Waals surface area contributed by atoms with Gasteiger partial charge in [-0.15, -0.1) is 22.7 Å². The molecule has 1 aromatic carbocycles. The molecule has 8 nitrogen and oxygen atoms in total. The summed E-state index contributed by atoms with van der Waals surface area (Å²) < 4.78 is 10.5. The van der Waals surface area contributed by atoms with Crippen LogP contribution in [0.5, 0.6) is 5.75 Å². The summed E-state index contributed by atoms with van der Waals surface area (Å²) in [6.45, 7) is 3.53. The van der Waals surface area contributed by atoms with E-state index >= 15 is 0 Å². The van der Waals surface area contributed by atoms with Crippen LogP contribution in [0.1, 0.15) is 22.8 Å². The summed E-state index contributed by atoms with van der Waals surface area (Å²) in [5.41, 5.74) is 7.09. The van der Waals surface area contributed by atoms with E-state index in [9.17, 15) is 14.4 Å². The van der Waals surface area contributed by atoms with E-state index in [0.717, 1.165) is 10.4 Å². The number of thiophene rings is 2. The van der Waals surface area contributed by atoms with Crippen LogP contribution in [0.15, 0.2) is 47.2 Å². The van der Waals surface area contributed by atoms with Gasteiger partial charge >= 0.3 is 5.97 Å². The molecule has 10 heteroatoms. The normalized spacial score (nSPS) is 10.4. The minimum atomic E-state index is -0.498. The van der Waals surface area contributed by atoms with Gasteiger partial charge in [-0.05, 0) is 37.4 Å². The molecule has 0 radical (unpaired) electrons. The van der Waals surface area contributed by atoms with Crippen molar-refractivity contribution >= 4 is 45.5 Å². The van der Waals surface area contributed by atoms with Crippen molar-refractivity contribution in [2.75, 3.05) is 25.1 Å². The maximum Gasteiger partial charge on any atom is 0.341 e. The molecule has 0 aliphatic heterocycles. The van der Waals surface area contributed by atoms with Gasteiger partial charge in [-0.25, -0.2) is 10.2 Å². The van der Waals surface area contributed by atoms with Crippen LogP contribution in [0.4, 0.5) is 5.00 Å². The van der Waals surface area contributed by atoms with Crippen molar-refractivity contribution in [3.05, 3.63) is 58.3 Å². The predicted octanol–water partition coefficient (Wildman–Crippen LogP) is 3.60. The number of hydrazine groups is 1. The van der Waals surface area contributed by atoms with Gasteiger partial charge in [-0.2, -0.15) is 0 Å². The van der Waals surface area contributed by atoms with Crippen LogP contribution in [0.25, 0.3) is 10.4 Å². The SMILES string of the molecule is CCOC(=O)c1c(-c2cccs2)csc1NC(=O)CNNC(=O)COc1ccc(C)cc1. The molecule has 0 spiro atoms. The van der Waals surface area contributed by atoms with Crippen LogP contribution in [0.3, 0.4) is 0 Å². The van der Waals surface area contributed by atoms with Gasteiger partial charge < -0.3 is 14.8 Å². The zero-order valence-corrected chi connectivity index (χ0v) is 19.2. The fourth-order valence-electron chi connectivity index (χ4n) is 2.68. The number of benzene rings is 1. The molecule has 2 heterocycles. The van der Waals surface area contributed by atoms with Gasteiger partial charge in [-0.1, -0.05) is 23.8 Å². The van der Waals surface area contributed by atoms with Gasteiger partial charge in [0.25, 0.3) is 5.91 Å². The first-order valence-electron chi connectivity index (χ1n) is 9.81. The summed E-state index contributed by atoms with van der Waals surface area (Å²) in [5.74, 6) is -0.771. The number of nitrogens with one attached hydrogen (secondary N) is 3. The van der Waals surface area contributed by atoms with Crippen LogP contribution >= 0.6 is 22.7 Å². The number of carbonyl (C=O) groups excluding carboxylic acids is 3. The third-order valence-electron chi connectivity index (χ3n) is 4.18. The standard InChI is InChI=1S/C22H23N3O5S2/c1-3-29-22(28)20-16(17-5-4-10-31-17)13-32-21(20)24-18(26)11-23-25-19(27)12-30-15-8-6-14(2)7-9-15/h4-10,13,23H,3,11-12H2,1-2H3,(H,24,26)(H,25,27). The van der Waals surface area contributed by atoms with Gasteiger partial charge in [0.15, 0.2) is 6.61 Å². The van der Waals surface area contributed by atoms with Crippen LogP contribution in [-0.2, 0) is 14.3 Å². The molecule has 0 saturated carbocycles. The Morgan fingerprint density at radius 3 is 2.50 bits per heavy atom. The van der Waals surface area contributed by atoms with Crippen molar-refractivity contribution in [1.29, 1.82) is 0 Å². The summed E-state index contributed by atoms with van der Waals surface area (Å²) >= 11 is 2.74. The maximum absolute atomic E-state index is 12.5. The molecule has 0 saturated heterocycles. The molecule has 0 bridgehead atoms. The van der Waals surface area contributed by atoms with Crippen molar-refractivity contribution in [2.45, 2.75) is 13.8 Å². The largest absolute Gasteiger partial charge is 0.484 e. The Morgan fingerprint density at radius 1 is 1.03 bits per heavy atom. The molecule has 0 atom stereocenters. The number of amides is 2. The molecule has 2 aromatic heterocycles. The number of ether oxygens (including phenoxy) is 2. The lowest BCUT2D eigenvalue weighted by atomic mass is 10.1. The lowest BCUT2D eigenvalue weighted by Gasteiger charge is -2.10. The molecule has 0 fully saturated rings. The topological polar surface area (TPSA) is 106 Å². The summed E-state index contributed by atoms with van der Waals surface area (Å²) in [5, 5.41) is 6.83. The highest BCUT2D eigenvalue weighted by molar-refractivity contribution is 7.17. The number of aryl methyl sites for hydroxylation is 1. The Morgan fingerprint density at radius 2 is 1.81 bits per heavy atom. The third kappa shape index (κ3) is 6.39. The molecular formula is C22H23N3O5S2. The van der Waals surface area contributed by atoms with Crippen molar-refractivity contribution in [2.24, 2.45) is 0 Å². The Labute approximate surface area is 193 Å². The Bertz CT molecular complexity index is 1060. The van der Waals surface area contributed by atoms with E-state index in [1.54, 1.807) is 19.1 Å². The molecule has 0 unspecified atom stereocenters. The number of hydrogen-bond donors (Lipinski definition) is 3. The molecule has 32 heavy (non-hydrogen) atoms. The van der Waals surface area contributed by atoms with E-state index in [1.165, 1.54) is 22.7 Å². The minimum absolute atomic E-state index is 0.190. The molecule has 3 N–H and O–H groups in total. The average molecular weight is 474 g/mol. The highest BCUT2D eigenvalue weighted by Crippen LogP contribution is 2.38. The van der Waals surface area contributed by atoms with Crippen molar-refractivity contribution < 1.29 is 23.9 Å². The zero-order valence-electron chi connectivity index (χ0n) is 17.6. The zero-order chi connectivity index (χ0) is 22.9. The average Bonchev–Trinajstić information content (AvgIpc) is 3.43. The van der Waals surface area contributed by atoms with Crippen molar-refractivity contribution in [3.8, 4) is 16.2 Å². The third-order valence-corrected chi connectivity index (χ3v) is 5.98. The van der Waals surface area contributed by atoms with Gasteiger partial charge in [0.1, 0.15) is 16.3 Å². The summed E-state index contributed by atoms with van der Waals surface area (Å²) in [7, 11) is 0. The van der Waals surface area contributed by atoms with Gasteiger partial charge in [0.2, 0.25) is 5.91 Å². The molecule has 3 aromatic rings. The molecule has 0 aliphatic rings. The maximum atomic E-state index is 12.5. The lowest BCUT2D eigenvalue weighted by Crippen LogP contribution is -2.44. The number of rotatable bonds is 10. The van der Waals surface area contributed by atoms with Crippen molar-refractivity contribution in [3.63, 3.8) is 0 Å². The van der Waals surface area contributed by atoms with E-state index in [0.29, 0.717) is 21.9 Å². The molecular weight excluding hydrogens is 450 g/mol. The predicted molar refractivity (Wildman–Crippen MR) is 125 cm³/mol. The second-order valence-electron chi connectivity index (χ2n) is 6.60. The second kappa shape index (κ2) is 11.4. The molecule has 168 valence electrons. The molecule has 0 aliphatic carbocycles. The molecule has 2 amide bonds. The summed E-state index contributed by atoms with van der Waals surface area (Å²) in [6.07, 6.45) is 0. The summed E-state index contributed by atoms with van der Waals surface area (Å²) in [6, 6.07) is 11.1. The van der Waals surface area contributed by atoms with E-state index in [2.05, 4.69) is 16.2 Å². The van der Waals surface area contributed by atoms with Crippen LogP contribution in [0.2, 0.25) is 0 Å². The number of carbonyl (C=O) groups is 3. The smallest absolute Gasteiger partial charge is 0.341 e. The Hall–Kier alpha value is -3.21. The molecule has 3 rings (SSSR count). The first kappa shape index (κ1) is 23.5. The fourth-order valence-corrected chi connectivity index (χ4v) is 4.47. The van der Waals surface area contributed by atoms with Crippen molar-refractivity contribution in [1.82, 2.24) is 10.9 Å². The van der Waals surface area contributed by atoms with E-state index in [1.807, 2.05) is 41.9 Å². The first-order chi connectivity index (χ1) is 15.5. The lowest BCUT2D eigenvalue weighted by molar-refractivity contribution is -0.124. The Balaban J connectivity index is 1.51. The van der Waals surface area contributed by atoms with Gasteiger partial charge in [0, 0.05) is 15.8 Å². The number of esters is 1. The van der Waals surface area contributed by atoms with Crippen LogP contribution in [-0.4, -0.2) is 37.5 Å². The Kier molecular flexibility index (Phi) is 8.37. The minimum Gasteiger partial charge on any atom is -0.484 e. The van der Waals surface area contributed by atoms with E-state index in [4.69, 9.17) is 9.47 Å². The number of hydrogen-bond acceptors (Lipinski definition) is 8. The summed E-state index contributed by atoms with van der Waals surface area (Å²) in [4.78, 5) is 37.6. The first-order valence-corrected chi connectivity index (χ1v) is 11.6. The quantitative estimate of drug-likeness (QED) is 0.307. The van der Waals surface area contributed by atoms with E-state index in [-0.39, 0.29) is 19.8 Å². The van der Waals surface area contributed by atoms with Crippen LogP contribution < -0.4 is 20.9 Å². The highest BCUT2D eigenvalue weighted by Gasteiger charge is 2.23. The fraction of sp³-hybridized carbons (Fsp3) is 0.227. The van der Waals surface area contributed by atoms with Gasteiger partial charge in [-0.3, -0.25) is 15.0 Å². The highest BCUT2D eigenvalue weighted by atomic mass is 32.1. The monoisotopic (exact) mass is 473 g/mol. The van der Waals surface area contributed by atoms with Gasteiger partial charge in [0.05, 0.1) is 13.2 Å². The van der Waals surface area contributed by atoms with Crippen LogP contribution in [0, 0.1) is 6.92 Å².